The van der Waals surface area contributed by atoms with Gasteiger partial charge in [-0.05, 0) is 24.3 Å². The number of phenols is 1. The molecule has 1 unspecified atom stereocenters. The van der Waals surface area contributed by atoms with Crippen molar-refractivity contribution in [1.29, 1.82) is 0 Å². The molecule has 0 aromatic heterocycles. The van der Waals surface area contributed by atoms with Gasteiger partial charge in [0.05, 0.1) is 5.56 Å². The average Bonchev–Trinajstić information content (AvgIpc) is 2.71. The van der Waals surface area contributed by atoms with E-state index in [1.165, 1.54) is 6.07 Å². The van der Waals surface area contributed by atoms with E-state index >= 15 is 0 Å². The largest absolute Gasteiger partial charge is 0.507 e. The summed E-state index contributed by atoms with van der Waals surface area (Å²) in [5.74, 6) is 1.94. The van der Waals surface area contributed by atoms with E-state index in [1.54, 1.807) is 18.2 Å². The Kier molecular flexibility index (Phi) is 3.16. The predicted molar refractivity (Wildman–Crippen MR) is 61.3 cm³/mol. The molecule has 1 heterocycles. The number of benzene rings is 1. The number of thioether (sulfide) groups is 1. The predicted octanol–water partition coefficient (Wildman–Crippen LogP) is 1.63. The second-order valence-electron chi connectivity index (χ2n) is 3.55. The van der Waals surface area contributed by atoms with E-state index in [2.05, 4.69) is 5.32 Å². The molecule has 0 saturated carbocycles. The van der Waals surface area contributed by atoms with E-state index in [9.17, 15) is 9.90 Å². The topological polar surface area (TPSA) is 49.3 Å². The first-order valence-corrected chi connectivity index (χ1v) is 6.09. The first-order chi connectivity index (χ1) is 7.27. The molecule has 1 amide bonds. The number of para-hydroxylation sites is 1. The maximum absolute atomic E-state index is 11.7. The highest BCUT2D eigenvalue weighted by molar-refractivity contribution is 7.99. The quantitative estimate of drug-likeness (QED) is 0.801. The highest BCUT2D eigenvalue weighted by Crippen LogP contribution is 2.19. The Hall–Kier alpha value is -1.16. The minimum Gasteiger partial charge on any atom is -0.507 e. The van der Waals surface area contributed by atoms with Crippen LogP contribution < -0.4 is 5.32 Å². The first-order valence-electron chi connectivity index (χ1n) is 4.94. The normalized spacial score (nSPS) is 20.1. The average molecular weight is 223 g/mol. The Bertz CT molecular complexity index is 361. The Morgan fingerprint density at radius 2 is 2.27 bits per heavy atom. The molecule has 1 saturated heterocycles. The third kappa shape index (κ3) is 2.45. The molecule has 2 N–H and O–H groups in total. The minimum absolute atomic E-state index is 0.0423. The molecule has 3 nitrogen and oxygen atoms in total. The summed E-state index contributed by atoms with van der Waals surface area (Å²) in [6, 6.07) is 6.86. The second kappa shape index (κ2) is 4.57. The molecule has 1 aromatic carbocycles. The van der Waals surface area contributed by atoms with Crippen LogP contribution in [0.2, 0.25) is 0 Å². The lowest BCUT2D eigenvalue weighted by molar-refractivity contribution is 0.0938. The summed E-state index contributed by atoms with van der Waals surface area (Å²) in [6.45, 7) is 0. The van der Waals surface area contributed by atoms with Crippen molar-refractivity contribution in [3.63, 3.8) is 0 Å². The fourth-order valence-corrected chi connectivity index (χ4v) is 2.73. The van der Waals surface area contributed by atoms with Crippen LogP contribution in [0.25, 0.3) is 0 Å². The zero-order valence-corrected chi connectivity index (χ0v) is 9.09. The van der Waals surface area contributed by atoms with E-state index in [-0.39, 0.29) is 17.7 Å². The van der Waals surface area contributed by atoms with Crippen molar-refractivity contribution in [3.05, 3.63) is 29.8 Å². The molecule has 4 heteroatoms. The van der Waals surface area contributed by atoms with Crippen LogP contribution in [0.1, 0.15) is 16.8 Å². The third-order valence-electron chi connectivity index (χ3n) is 2.41. The highest BCUT2D eigenvalue weighted by atomic mass is 32.2. The summed E-state index contributed by atoms with van der Waals surface area (Å²) in [7, 11) is 0. The molecular weight excluding hydrogens is 210 g/mol. The second-order valence-corrected chi connectivity index (χ2v) is 4.70. The number of carbonyl (C=O) groups excluding carboxylic acids is 1. The van der Waals surface area contributed by atoms with Gasteiger partial charge in [-0.25, -0.2) is 0 Å². The molecule has 1 aromatic rings. The number of nitrogens with one attached hydrogen (secondary N) is 1. The Morgan fingerprint density at radius 3 is 2.93 bits per heavy atom. The van der Waals surface area contributed by atoms with Crippen LogP contribution in [-0.4, -0.2) is 28.6 Å². The van der Waals surface area contributed by atoms with Gasteiger partial charge < -0.3 is 10.4 Å². The van der Waals surface area contributed by atoms with Gasteiger partial charge in [-0.2, -0.15) is 11.8 Å². The van der Waals surface area contributed by atoms with Gasteiger partial charge >= 0.3 is 0 Å². The maximum atomic E-state index is 11.7. The van der Waals surface area contributed by atoms with Gasteiger partial charge in [-0.1, -0.05) is 12.1 Å². The van der Waals surface area contributed by atoms with Gasteiger partial charge in [0.25, 0.3) is 5.91 Å². The molecule has 1 aliphatic rings. The summed E-state index contributed by atoms with van der Waals surface area (Å²) in [5.41, 5.74) is 0.356. The van der Waals surface area contributed by atoms with Crippen LogP contribution in [0.5, 0.6) is 5.75 Å². The number of rotatable bonds is 2. The van der Waals surface area contributed by atoms with E-state index in [0.717, 1.165) is 17.9 Å². The van der Waals surface area contributed by atoms with Gasteiger partial charge in [0, 0.05) is 11.8 Å². The fraction of sp³-hybridized carbons (Fsp3) is 0.364. The molecule has 80 valence electrons. The molecule has 1 atom stereocenters. The number of hydrogen-bond donors (Lipinski definition) is 2. The number of phenolic OH excluding ortho intramolecular Hbond substituents is 1. The van der Waals surface area contributed by atoms with Gasteiger partial charge in [0.1, 0.15) is 5.75 Å². The molecule has 0 aliphatic carbocycles. The van der Waals surface area contributed by atoms with Crippen LogP contribution >= 0.6 is 11.8 Å². The number of carbonyl (C=O) groups is 1. The number of amides is 1. The molecule has 1 fully saturated rings. The summed E-state index contributed by atoms with van der Waals surface area (Å²) >= 11 is 1.85. The Morgan fingerprint density at radius 1 is 1.47 bits per heavy atom. The van der Waals surface area contributed by atoms with E-state index in [0.29, 0.717) is 5.56 Å². The summed E-state index contributed by atoms with van der Waals surface area (Å²) in [6.07, 6.45) is 1.02. The van der Waals surface area contributed by atoms with Crippen LogP contribution in [0.3, 0.4) is 0 Å². The van der Waals surface area contributed by atoms with Crippen molar-refractivity contribution in [2.45, 2.75) is 12.5 Å². The Balaban J connectivity index is 2.04. The highest BCUT2D eigenvalue weighted by Gasteiger charge is 2.19. The first kappa shape index (κ1) is 10.4. The van der Waals surface area contributed by atoms with Crippen LogP contribution in [-0.2, 0) is 0 Å². The van der Waals surface area contributed by atoms with Gasteiger partial charge in [-0.3, -0.25) is 4.79 Å². The van der Waals surface area contributed by atoms with Crippen molar-refractivity contribution < 1.29 is 9.90 Å². The van der Waals surface area contributed by atoms with Crippen molar-refractivity contribution in [2.24, 2.45) is 0 Å². The van der Waals surface area contributed by atoms with Gasteiger partial charge in [0.15, 0.2) is 0 Å². The lowest BCUT2D eigenvalue weighted by Gasteiger charge is -2.11. The Labute approximate surface area is 92.9 Å². The summed E-state index contributed by atoms with van der Waals surface area (Å²) < 4.78 is 0. The summed E-state index contributed by atoms with van der Waals surface area (Å²) in [5, 5.41) is 12.4. The van der Waals surface area contributed by atoms with Gasteiger partial charge in [-0.15, -0.1) is 0 Å². The lowest BCUT2D eigenvalue weighted by atomic mass is 10.1. The van der Waals surface area contributed by atoms with Crippen molar-refractivity contribution in [1.82, 2.24) is 5.32 Å². The lowest BCUT2D eigenvalue weighted by Crippen LogP contribution is -2.34. The SMILES string of the molecule is O=C(NC1CCSC1)c1ccccc1O. The maximum Gasteiger partial charge on any atom is 0.255 e. The number of hydrogen-bond acceptors (Lipinski definition) is 3. The van der Waals surface area contributed by atoms with Crippen LogP contribution in [0, 0.1) is 0 Å². The van der Waals surface area contributed by atoms with Gasteiger partial charge in [0.2, 0.25) is 0 Å². The van der Waals surface area contributed by atoms with E-state index in [1.807, 2.05) is 11.8 Å². The molecular formula is C11H13NO2S. The van der Waals surface area contributed by atoms with E-state index in [4.69, 9.17) is 0 Å². The zero-order chi connectivity index (χ0) is 10.7. The third-order valence-corrected chi connectivity index (χ3v) is 3.58. The molecule has 0 radical (unpaired) electrons. The minimum atomic E-state index is -0.180. The molecule has 1 aliphatic heterocycles. The summed E-state index contributed by atoms with van der Waals surface area (Å²) in [4.78, 5) is 11.7. The monoisotopic (exact) mass is 223 g/mol. The molecule has 2 rings (SSSR count). The fourth-order valence-electron chi connectivity index (χ4n) is 1.58. The van der Waals surface area contributed by atoms with Crippen molar-refractivity contribution in [2.75, 3.05) is 11.5 Å². The van der Waals surface area contributed by atoms with E-state index < -0.39 is 0 Å². The standard InChI is InChI=1S/C11H13NO2S/c13-10-4-2-1-3-9(10)11(14)12-8-5-6-15-7-8/h1-4,8,13H,5-7H2,(H,12,14). The molecule has 0 bridgehead atoms. The van der Waals surface area contributed by atoms with Crippen molar-refractivity contribution in [3.8, 4) is 5.75 Å². The molecule has 15 heavy (non-hydrogen) atoms. The zero-order valence-electron chi connectivity index (χ0n) is 8.27. The van der Waals surface area contributed by atoms with Crippen LogP contribution in [0.4, 0.5) is 0 Å². The molecule has 0 spiro atoms. The number of aromatic hydroxyl groups is 1. The van der Waals surface area contributed by atoms with Crippen molar-refractivity contribution >= 4 is 17.7 Å². The smallest absolute Gasteiger partial charge is 0.255 e. The van der Waals surface area contributed by atoms with Crippen LogP contribution in [0.15, 0.2) is 24.3 Å².